The van der Waals surface area contributed by atoms with Gasteiger partial charge >= 0.3 is 0 Å². The van der Waals surface area contributed by atoms with Gasteiger partial charge in [0.25, 0.3) is 0 Å². The summed E-state index contributed by atoms with van der Waals surface area (Å²) in [6.07, 6.45) is 8.61. The van der Waals surface area contributed by atoms with Crippen molar-refractivity contribution in [2.24, 2.45) is 4.99 Å². The number of nitrogens with zero attached hydrogens (tertiary/aromatic N) is 4. The molecule has 27 heavy (non-hydrogen) atoms. The molecule has 138 valence electrons. The molecule has 1 aliphatic heterocycles. The zero-order chi connectivity index (χ0) is 19.4. The molecular weight excluding hydrogens is 332 g/mol. The van der Waals surface area contributed by atoms with E-state index in [4.69, 9.17) is 4.99 Å². The number of hydrogen-bond donors (Lipinski definition) is 0. The van der Waals surface area contributed by atoms with E-state index in [2.05, 4.69) is 40.9 Å². The molecule has 0 radical (unpaired) electrons. The van der Waals surface area contributed by atoms with E-state index in [1.54, 1.807) is 6.08 Å². The Hall–Kier alpha value is -3.14. The molecule has 4 nitrogen and oxygen atoms in total. The summed E-state index contributed by atoms with van der Waals surface area (Å²) in [4.78, 5) is 13.8. The van der Waals surface area contributed by atoms with E-state index in [9.17, 15) is 0 Å². The molecule has 1 aromatic carbocycles. The molecule has 3 rings (SSSR count). The van der Waals surface area contributed by atoms with Gasteiger partial charge in [0.2, 0.25) is 0 Å². The molecule has 0 atom stereocenters. The van der Waals surface area contributed by atoms with Crippen molar-refractivity contribution in [2.75, 3.05) is 18.6 Å². The Bertz CT molecular complexity index is 924. The van der Waals surface area contributed by atoms with Gasteiger partial charge in [0.1, 0.15) is 5.82 Å². The molecule has 1 aliphatic rings. The van der Waals surface area contributed by atoms with Crippen LogP contribution in [0.15, 0.2) is 73.2 Å². The van der Waals surface area contributed by atoms with E-state index >= 15 is 0 Å². The summed E-state index contributed by atoms with van der Waals surface area (Å²) in [5.41, 5.74) is 6.07. The fourth-order valence-electron chi connectivity index (χ4n) is 3.30. The topological polar surface area (TPSA) is 31.7 Å². The molecule has 0 aliphatic carbocycles. The van der Waals surface area contributed by atoms with Crippen LogP contribution in [0.3, 0.4) is 0 Å². The minimum atomic E-state index is 0.761. The number of aryl methyl sites for hydroxylation is 1. The van der Waals surface area contributed by atoms with Gasteiger partial charge in [0, 0.05) is 36.8 Å². The number of hydrogen-bond acceptors (Lipinski definition) is 4. The summed E-state index contributed by atoms with van der Waals surface area (Å²) in [6, 6.07) is 10.2. The Balaban J connectivity index is 2.11. The van der Waals surface area contributed by atoms with Crippen LogP contribution in [-0.2, 0) is 6.42 Å². The smallest absolute Gasteiger partial charge is 0.143 e. The lowest BCUT2D eigenvalue weighted by Gasteiger charge is -2.20. The van der Waals surface area contributed by atoms with E-state index in [1.165, 1.54) is 5.56 Å². The number of allylic oxidation sites excluding steroid dienone is 2. The van der Waals surface area contributed by atoms with E-state index in [-0.39, 0.29) is 0 Å². The second-order valence-corrected chi connectivity index (χ2v) is 6.69. The molecule has 4 heteroatoms. The molecular formula is C23H26N4. The highest BCUT2D eigenvalue weighted by Gasteiger charge is 2.18. The highest BCUT2D eigenvalue weighted by molar-refractivity contribution is 6.13. The quantitative estimate of drug-likeness (QED) is 0.668. The summed E-state index contributed by atoms with van der Waals surface area (Å²) in [7, 11) is 2.04. The van der Waals surface area contributed by atoms with Gasteiger partial charge < -0.3 is 9.80 Å². The van der Waals surface area contributed by atoms with Gasteiger partial charge in [0.05, 0.1) is 18.1 Å². The molecule has 0 saturated heterocycles. The standard InChI is InChI=1S/C23H26N4/c1-6-18-10-8-12-21(22(18)17(3)4)25-20(7-2)19-11-9-13-24-23(19)27-15-14-26(5)16-27/h7-15H,2-3,6,16H2,1,4-5H3. The number of rotatable bonds is 6. The second-order valence-electron chi connectivity index (χ2n) is 6.69. The van der Waals surface area contributed by atoms with Crippen molar-refractivity contribution >= 4 is 22.8 Å². The zero-order valence-electron chi connectivity index (χ0n) is 16.3. The summed E-state index contributed by atoms with van der Waals surface area (Å²) >= 11 is 0. The third-order valence-electron chi connectivity index (χ3n) is 4.58. The van der Waals surface area contributed by atoms with Crippen molar-refractivity contribution in [1.29, 1.82) is 0 Å². The monoisotopic (exact) mass is 358 g/mol. The van der Waals surface area contributed by atoms with Gasteiger partial charge in [-0.15, -0.1) is 0 Å². The highest BCUT2D eigenvalue weighted by atomic mass is 15.3. The third-order valence-corrected chi connectivity index (χ3v) is 4.58. The van der Waals surface area contributed by atoms with Gasteiger partial charge in [-0.3, -0.25) is 0 Å². The van der Waals surface area contributed by atoms with Crippen LogP contribution in [0.1, 0.15) is 30.5 Å². The van der Waals surface area contributed by atoms with Gasteiger partial charge in [-0.1, -0.05) is 32.2 Å². The number of aromatic nitrogens is 1. The summed E-state index contributed by atoms with van der Waals surface area (Å²) in [5, 5.41) is 0. The van der Waals surface area contributed by atoms with Crippen LogP contribution in [-0.4, -0.2) is 29.3 Å². The van der Waals surface area contributed by atoms with Crippen molar-refractivity contribution < 1.29 is 0 Å². The molecule has 0 N–H and O–H groups in total. The predicted octanol–water partition coefficient (Wildman–Crippen LogP) is 5.16. The fourth-order valence-corrected chi connectivity index (χ4v) is 3.30. The maximum absolute atomic E-state index is 4.96. The Morgan fingerprint density at radius 2 is 2.07 bits per heavy atom. The van der Waals surface area contributed by atoms with Crippen LogP contribution < -0.4 is 4.90 Å². The lowest BCUT2D eigenvalue weighted by atomic mass is 9.98. The third kappa shape index (κ3) is 3.85. The minimum absolute atomic E-state index is 0.761. The SMILES string of the molecule is C=CC(=Nc1cccc(CC)c1C(=C)C)c1cccnc1N1C=CN(C)C1. The maximum Gasteiger partial charge on any atom is 0.143 e. The summed E-state index contributed by atoms with van der Waals surface area (Å²) in [6.45, 7) is 13.1. The largest absolute Gasteiger partial charge is 0.361 e. The Morgan fingerprint density at radius 3 is 2.70 bits per heavy atom. The van der Waals surface area contributed by atoms with Crippen LogP contribution in [0.25, 0.3) is 5.57 Å². The Kier molecular flexibility index (Phi) is 5.55. The molecule has 0 spiro atoms. The van der Waals surface area contributed by atoms with Gasteiger partial charge in [-0.05, 0) is 48.8 Å². The van der Waals surface area contributed by atoms with E-state index in [1.807, 2.05) is 56.8 Å². The lowest BCUT2D eigenvalue weighted by Crippen LogP contribution is -2.24. The first-order valence-corrected chi connectivity index (χ1v) is 9.14. The van der Waals surface area contributed by atoms with Crippen molar-refractivity contribution in [3.05, 3.63) is 84.9 Å². The van der Waals surface area contributed by atoms with Crippen LogP contribution in [0.4, 0.5) is 11.5 Å². The van der Waals surface area contributed by atoms with Crippen LogP contribution in [0, 0.1) is 0 Å². The molecule has 0 fully saturated rings. The average Bonchev–Trinajstić information content (AvgIpc) is 3.11. The maximum atomic E-state index is 4.96. The Labute approximate surface area is 161 Å². The number of pyridine rings is 1. The zero-order valence-corrected chi connectivity index (χ0v) is 16.3. The molecule has 0 bridgehead atoms. The lowest BCUT2D eigenvalue weighted by molar-refractivity contribution is 0.494. The van der Waals surface area contributed by atoms with Crippen molar-refractivity contribution in [3.63, 3.8) is 0 Å². The number of aliphatic imine (C=N–C) groups is 1. The van der Waals surface area contributed by atoms with Crippen molar-refractivity contribution in [3.8, 4) is 0 Å². The molecule has 1 aromatic heterocycles. The van der Waals surface area contributed by atoms with Crippen LogP contribution in [0.2, 0.25) is 0 Å². The second kappa shape index (κ2) is 8.04. The first kappa shape index (κ1) is 18.6. The first-order valence-electron chi connectivity index (χ1n) is 9.14. The van der Waals surface area contributed by atoms with Gasteiger partial charge in [0.15, 0.2) is 0 Å². The molecule has 0 saturated carbocycles. The first-order chi connectivity index (χ1) is 13.0. The normalized spacial score (nSPS) is 14.0. The van der Waals surface area contributed by atoms with Crippen molar-refractivity contribution in [2.45, 2.75) is 20.3 Å². The Morgan fingerprint density at radius 1 is 1.26 bits per heavy atom. The molecule has 0 unspecified atom stereocenters. The van der Waals surface area contributed by atoms with Crippen LogP contribution >= 0.6 is 0 Å². The van der Waals surface area contributed by atoms with E-state index in [0.717, 1.165) is 47.0 Å². The fraction of sp³-hybridized carbons (Fsp3) is 0.217. The predicted molar refractivity (Wildman–Crippen MR) is 115 cm³/mol. The highest BCUT2D eigenvalue weighted by Crippen LogP contribution is 2.31. The minimum Gasteiger partial charge on any atom is -0.361 e. The summed E-state index contributed by atoms with van der Waals surface area (Å²) in [5.74, 6) is 0.875. The van der Waals surface area contributed by atoms with Gasteiger partial charge in [-0.25, -0.2) is 9.98 Å². The average molecular weight is 358 g/mol. The summed E-state index contributed by atoms with van der Waals surface area (Å²) < 4.78 is 0. The number of anilines is 1. The number of benzene rings is 1. The van der Waals surface area contributed by atoms with E-state index < -0.39 is 0 Å². The van der Waals surface area contributed by atoms with E-state index in [0.29, 0.717) is 0 Å². The van der Waals surface area contributed by atoms with Gasteiger partial charge in [-0.2, -0.15) is 0 Å². The van der Waals surface area contributed by atoms with Crippen molar-refractivity contribution in [1.82, 2.24) is 9.88 Å². The molecule has 2 heterocycles. The molecule has 0 amide bonds. The van der Waals surface area contributed by atoms with Crippen LogP contribution in [0.5, 0.6) is 0 Å². The molecule has 2 aromatic rings.